The number of halogens is 2. The molecule has 12 nitrogen and oxygen atoms in total. The molecule has 1 aromatic heterocycles. The normalized spacial score (nSPS) is 27.5. The van der Waals surface area contributed by atoms with E-state index in [2.05, 4.69) is 5.43 Å². The van der Waals surface area contributed by atoms with Gasteiger partial charge in [0.1, 0.15) is 29.3 Å². The lowest BCUT2D eigenvalue weighted by Gasteiger charge is -2.49. The number of aliphatic carboxylic acids is 1. The van der Waals surface area contributed by atoms with E-state index < -0.39 is 77.6 Å². The number of benzene rings is 2. The van der Waals surface area contributed by atoms with Crippen LogP contribution in [-0.2, 0) is 36.0 Å². The summed E-state index contributed by atoms with van der Waals surface area (Å²) in [7, 11) is 1.51. The lowest BCUT2D eigenvalue weighted by atomic mass is 9.50. The molecule has 3 heterocycles. The van der Waals surface area contributed by atoms with Gasteiger partial charge in [-0.2, -0.15) is 5.01 Å². The Labute approximate surface area is 290 Å². The van der Waals surface area contributed by atoms with Crippen LogP contribution < -0.4 is 10.2 Å². The summed E-state index contributed by atoms with van der Waals surface area (Å²) < 4.78 is 11.6. The van der Waals surface area contributed by atoms with Crippen molar-refractivity contribution in [2.24, 2.45) is 23.7 Å². The van der Waals surface area contributed by atoms with Gasteiger partial charge in [-0.1, -0.05) is 47.0 Å². The van der Waals surface area contributed by atoms with Crippen molar-refractivity contribution < 1.29 is 43.3 Å². The molecule has 7 rings (SSSR count). The van der Waals surface area contributed by atoms with Gasteiger partial charge in [-0.15, -0.1) is 0 Å². The Morgan fingerprint density at radius 3 is 2.43 bits per heavy atom. The number of rotatable bonds is 9. The van der Waals surface area contributed by atoms with Crippen molar-refractivity contribution in [3.8, 4) is 5.75 Å². The van der Waals surface area contributed by atoms with Crippen LogP contribution in [0.15, 0.2) is 70.7 Å². The molecule has 0 bridgehead atoms. The van der Waals surface area contributed by atoms with Crippen molar-refractivity contribution in [1.29, 1.82) is 0 Å². The van der Waals surface area contributed by atoms with Crippen LogP contribution in [0.4, 0.5) is 5.69 Å². The van der Waals surface area contributed by atoms with Crippen LogP contribution in [0.3, 0.4) is 0 Å². The minimum absolute atomic E-state index is 0.0337. The van der Waals surface area contributed by atoms with Gasteiger partial charge in [-0.3, -0.25) is 34.3 Å². The van der Waals surface area contributed by atoms with Crippen LogP contribution in [0.5, 0.6) is 5.75 Å². The predicted molar refractivity (Wildman–Crippen MR) is 174 cm³/mol. The number of likely N-dealkylation sites (tertiary alicyclic amines) is 1. The molecule has 2 aliphatic carbocycles. The molecule has 2 aromatic carbocycles. The zero-order valence-electron chi connectivity index (χ0n) is 26.1. The van der Waals surface area contributed by atoms with E-state index in [9.17, 15) is 29.4 Å². The number of allylic oxidation sites excluding steroid dienone is 2. The van der Waals surface area contributed by atoms with Crippen molar-refractivity contribution >= 4 is 58.5 Å². The fourth-order valence-corrected chi connectivity index (χ4v) is 8.73. The second kappa shape index (κ2) is 12.3. The standard InChI is InChI=1S/C35H31Cl2N3O9/c1-48-19-5-2-17(3-6-19)35-24(32(45)40(34(35)47)38-26-10-4-18(36)14-25(26)37)15-23-21(30(35)27-11-7-20(16-41)49-27)8-9-22-29(23)33(46)39(31(22)44)13-12-28(42)43/h2-8,10-11,14,22-24,29-30,38,41H,9,12-13,15-16H2,1H3,(H,42,43)/t22-,23+,24-,29-,30+,35+/m0/s1. The van der Waals surface area contributed by atoms with Gasteiger partial charge < -0.3 is 19.4 Å². The Hall–Kier alpha value is -4.65. The number of hydrogen-bond donors (Lipinski definition) is 3. The number of fused-ring (bicyclic) bond motifs is 4. The number of nitrogens with one attached hydrogen (secondary N) is 1. The average Bonchev–Trinajstić information content (AvgIpc) is 3.72. The number of carboxylic acid groups (broad SMARTS) is 1. The number of ether oxygens (including phenoxy) is 1. The molecule has 2 aliphatic heterocycles. The molecule has 0 radical (unpaired) electrons. The summed E-state index contributed by atoms with van der Waals surface area (Å²) in [4.78, 5) is 69.6. The number of amides is 4. The van der Waals surface area contributed by atoms with Gasteiger partial charge in [0, 0.05) is 11.6 Å². The van der Waals surface area contributed by atoms with Gasteiger partial charge in [0.2, 0.25) is 11.8 Å². The second-order valence-corrected chi connectivity index (χ2v) is 13.5. The molecule has 6 atom stereocenters. The summed E-state index contributed by atoms with van der Waals surface area (Å²) >= 11 is 12.6. The highest BCUT2D eigenvalue weighted by Gasteiger charge is 2.71. The van der Waals surface area contributed by atoms with E-state index in [1.807, 2.05) is 6.08 Å². The predicted octanol–water partition coefficient (Wildman–Crippen LogP) is 4.55. The lowest BCUT2D eigenvalue weighted by molar-refractivity contribution is -0.143. The number of hydrazine groups is 1. The number of nitrogens with zero attached hydrogens (tertiary/aromatic N) is 2. The van der Waals surface area contributed by atoms with Crippen LogP contribution in [0.25, 0.3) is 0 Å². The van der Waals surface area contributed by atoms with Crippen molar-refractivity contribution in [3.05, 3.63) is 93.4 Å². The molecule has 254 valence electrons. The number of methoxy groups -OCH3 is 1. The monoisotopic (exact) mass is 707 g/mol. The molecule has 1 saturated carbocycles. The topological polar surface area (TPSA) is 167 Å². The molecule has 2 saturated heterocycles. The molecule has 14 heteroatoms. The van der Waals surface area contributed by atoms with E-state index in [0.717, 1.165) is 9.91 Å². The van der Waals surface area contributed by atoms with E-state index in [4.69, 9.17) is 32.4 Å². The smallest absolute Gasteiger partial charge is 0.305 e. The summed E-state index contributed by atoms with van der Waals surface area (Å²) in [5, 5.41) is 20.7. The number of aliphatic hydroxyl groups excluding tert-OH is 1. The number of carbonyl (C=O) groups excluding carboxylic acids is 4. The van der Waals surface area contributed by atoms with Gasteiger partial charge in [0.05, 0.1) is 47.9 Å². The zero-order valence-corrected chi connectivity index (χ0v) is 27.6. The number of furan rings is 1. The first-order valence-corrected chi connectivity index (χ1v) is 16.5. The minimum atomic E-state index is -1.61. The van der Waals surface area contributed by atoms with Gasteiger partial charge in [0.15, 0.2) is 0 Å². The van der Waals surface area contributed by atoms with Crippen LogP contribution in [-0.4, -0.2) is 63.4 Å². The number of imide groups is 2. The average molecular weight is 709 g/mol. The quantitative estimate of drug-likeness (QED) is 0.212. The number of hydrogen-bond acceptors (Lipinski definition) is 9. The maximum atomic E-state index is 15.1. The SMILES string of the molecule is COc1ccc([C@@]23C(=O)N(Nc4ccc(Cl)cc4Cl)C(=O)[C@@H]2C[C@@H]2C(=CC[C@@H]4C(=O)N(CCC(=O)O)C(=O)[C@@H]42)[C@@H]3c2ccc(CO)o2)cc1. The number of aliphatic hydroxyl groups is 1. The fourth-order valence-electron chi connectivity index (χ4n) is 8.28. The van der Waals surface area contributed by atoms with Gasteiger partial charge in [-0.05, 0) is 66.8 Å². The van der Waals surface area contributed by atoms with Crippen molar-refractivity contribution in [1.82, 2.24) is 9.91 Å². The molecule has 49 heavy (non-hydrogen) atoms. The van der Waals surface area contributed by atoms with Crippen LogP contribution in [0, 0.1) is 23.7 Å². The van der Waals surface area contributed by atoms with Gasteiger partial charge in [-0.25, -0.2) is 0 Å². The second-order valence-electron chi connectivity index (χ2n) is 12.6. The number of carboxylic acids is 1. The molecule has 3 fully saturated rings. The molecule has 0 spiro atoms. The first-order chi connectivity index (χ1) is 23.5. The first kappa shape index (κ1) is 32.9. The number of anilines is 1. The molecule has 4 amide bonds. The van der Waals surface area contributed by atoms with E-state index in [1.165, 1.54) is 13.2 Å². The maximum absolute atomic E-state index is 15.1. The molecule has 3 N–H and O–H groups in total. The third-order valence-corrected chi connectivity index (χ3v) is 10.9. The molecule has 0 unspecified atom stereocenters. The summed E-state index contributed by atoms with van der Waals surface area (Å²) in [6.45, 7) is -0.681. The molecule has 4 aliphatic rings. The Bertz CT molecular complexity index is 1920. The molecular weight excluding hydrogens is 677 g/mol. The summed E-state index contributed by atoms with van der Waals surface area (Å²) in [5.74, 6) is -6.49. The summed E-state index contributed by atoms with van der Waals surface area (Å²) in [6.07, 6.45) is 1.66. The first-order valence-electron chi connectivity index (χ1n) is 15.7. The van der Waals surface area contributed by atoms with Crippen LogP contribution in [0.2, 0.25) is 10.0 Å². The Morgan fingerprint density at radius 1 is 1.02 bits per heavy atom. The highest BCUT2D eigenvalue weighted by Crippen LogP contribution is 2.64. The molecule has 3 aromatic rings. The third kappa shape index (κ3) is 5.03. The van der Waals surface area contributed by atoms with Gasteiger partial charge in [0.25, 0.3) is 11.8 Å². The molecular formula is C35H31Cl2N3O9. The summed E-state index contributed by atoms with van der Waals surface area (Å²) in [6, 6.07) is 14.7. The van der Waals surface area contributed by atoms with Crippen molar-refractivity contribution in [3.63, 3.8) is 0 Å². The maximum Gasteiger partial charge on any atom is 0.305 e. The van der Waals surface area contributed by atoms with Crippen molar-refractivity contribution in [2.75, 3.05) is 19.1 Å². The van der Waals surface area contributed by atoms with Crippen molar-refractivity contribution in [2.45, 2.75) is 37.2 Å². The van der Waals surface area contributed by atoms with E-state index in [1.54, 1.807) is 48.5 Å². The van der Waals surface area contributed by atoms with Crippen LogP contribution in [0.1, 0.15) is 42.3 Å². The number of carbonyl (C=O) groups is 5. The Morgan fingerprint density at radius 2 is 1.78 bits per heavy atom. The van der Waals surface area contributed by atoms with E-state index in [0.29, 0.717) is 27.7 Å². The minimum Gasteiger partial charge on any atom is -0.497 e. The van der Waals surface area contributed by atoms with Crippen LogP contribution >= 0.6 is 23.2 Å². The van der Waals surface area contributed by atoms with E-state index >= 15 is 4.79 Å². The highest BCUT2D eigenvalue weighted by atomic mass is 35.5. The van der Waals surface area contributed by atoms with Gasteiger partial charge >= 0.3 is 5.97 Å². The Kier molecular flexibility index (Phi) is 8.28. The lowest BCUT2D eigenvalue weighted by Crippen LogP contribution is -2.53. The highest BCUT2D eigenvalue weighted by molar-refractivity contribution is 6.36. The zero-order chi connectivity index (χ0) is 34.8. The van der Waals surface area contributed by atoms with E-state index in [-0.39, 0.29) is 35.9 Å². The summed E-state index contributed by atoms with van der Waals surface area (Å²) in [5.41, 5.74) is 2.72. The largest absolute Gasteiger partial charge is 0.497 e. The fraction of sp³-hybridized carbons (Fsp3) is 0.343. The third-order valence-electron chi connectivity index (χ3n) is 10.3. The Balaban J connectivity index is 1.41.